The summed E-state index contributed by atoms with van der Waals surface area (Å²) in [6, 6.07) is 41.2. The van der Waals surface area contributed by atoms with Crippen LogP contribution in [0, 0.1) is 17.2 Å². The van der Waals surface area contributed by atoms with Crippen LogP contribution in [-0.4, -0.2) is 34.1 Å². The fourth-order valence-corrected chi connectivity index (χ4v) is 7.40. The zero-order valence-corrected chi connectivity index (χ0v) is 29.2. The van der Waals surface area contributed by atoms with Gasteiger partial charge in [0.1, 0.15) is 11.9 Å². The highest BCUT2D eigenvalue weighted by Crippen LogP contribution is 2.38. The van der Waals surface area contributed by atoms with Crippen molar-refractivity contribution in [3.8, 4) is 51.7 Å². The predicted molar refractivity (Wildman–Crippen MR) is 215 cm³/mol. The first-order valence-corrected chi connectivity index (χ1v) is 17.8. The van der Waals surface area contributed by atoms with Crippen LogP contribution in [0.3, 0.4) is 0 Å². The highest BCUT2D eigenvalue weighted by Gasteiger charge is 2.21. The Hall–Kier alpha value is -7.50. The van der Waals surface area contributed by atoms with Crippen molar-refractivity contribution in [1.82, 2.24) is 34.1 Å². The Labute approximate surface area is 310 Å². The molecule has 1 atom stereocenters. The highest BCUT2D eigenvalue weighted by molar-refractivity contribution is 6.10. The van der Waals surface area contributed by atoms with Gasteiger partial charge in [0.25, 0.3) is 0 Å². The van der Waals surface area contributed by atoms with Crippen molar-refractivity contribution in [2.24, 2.45) is 5.92 Å². The summed E-state index contributed by atoms with van der Waals surface area (Å²) >= 11 is 0. The lowest BCUT2D eigenvalue weighted by atomic mass is 10.00. The van der Waals surface area contributed by atoms with Crippen LogP contribution in [0.15, 0.2) is 146 Å². The van der Waals surface area contributed by atoms with Crippen molar-refractivity contribution in [2.45, 2.75) is 6.92 Å². The molecule has 0 spiro atoms. The standard InChI is InChI=1S/C46H30N8/c1-29-12-17-35-37-24-33(15-19-40(37)53(39(35)18-13-29)43-21-14-30(26-47)27-49-43)34-16-20-41-38(25-34)36-22-23-48-28-42(36)54(41)46-51-44(31-8-4-2-5-9-31)50-45(52-46)32-10-6-3-7-11-32/h2-25,27-29H,1H3. The number of fused-ring (bicyclic) bond motifs is 6. The molecule has 9 aromatic rings. The van der Waals surface area contributed by atoms with Gasteiger partial charge < -0.3 is 0 Å². The Bertz CT molecular complexity index is 2950. The third-order valence-corrected chi connectivity index (χ3v) is 10.1. The fraction of sp³-hybridized carbons (Fsp3) is 0.0435. The number of rotatable bonds is 5. The molecule has 1 aliphatic rings. The van der Waals surface area contributed by atoms with Gasteiger partial charge in [-0.05, 0) is 65.6 Å². The third kappa shape index (κ3) is 5.18. The van der Waals surface area contributed by atoms with Gasteiger partial charge in [-0.2, -0.15) is 15.2 Å². The lowest BCUT2D eigenvalue weighted by Crippen LogP contribution is -2.06. The van der Waals surface area contributed by atoms with Crippen LogP contribution < -0.4 is 0 Å². The number of hydrogen-bond donors (Lipinski definition) is 0. The first kappa shape index (κ1) is 31.3. The first-order chi connectivity index (χ1) is 26.6. The molecule has 54 heavy (non-hydrogen) atoms. The van der Waals surface area contributed by atoms with Crippen LogP contribution in [0.5, 0.6) is 0 Å². The maximum Gasteiger partial charge on any atom is 0.238 e. The molecule has 0 amide bonds. The number of allylic oxidation sites excluding steroid dienone is 2. The number of benzene rings is 4. The second-order valence-corrected chi connectivity index (χ2v) is 13.4. The number of nitriles is 1. The van der Waals surface area contributed by atoms with Crippen LogP contribution >= 0.6 is 0 Å². The van der Waals surface area contributed by atoms with E-state index in [1.54, 1.807) is 6.20 Å². The molecule has 8 nitrogen and oxygen atoms in total. The van der Waals surface area contributed by atoms with Crippen LogP contribution in [0.1, 0.15) is 23.7 Å². The summed E-state index contributed by atoms with van der Waals surface area (Å²) in [6.07, 6.45) is 14.2. The lowest BCUT2D eigenvalue weighted by molar-refractivity contribution is 0.951. The normalized spacial score (nSPS) is 13.7. The Balaban J connectivity index is 1.16. The molecule has 8 heteroatoms. The van der Waals surface area contributed by atoms with E-state index in [0.29, 0.717) is 29.1 Å². The first-order valence-electron chi connectivity index (χ1n) is 17.8. The largest absolute Gasteiger partial charge is 0.294 e. The molecule has 1 unspecified atom stereocenters. The molecule has 5 heterocycles. The van der Waals surface area contributed by atoms with E-state index < -0.39 is 0 Å². The summed E-state index contributed by atoms with van der Waals surface area (Å²) in [7, 11) is 0. The second kappa shape index (κ2) is 12.6. The summed E-state index contributed by atoms with van der Waals surface area (Å²) in [5.41, 5.74) is 9.68. The number of aromatic nitrogens is 7. The molecule has 0 saturated carbocycles. The zero-order chi connectivity index (χ0) is 36.2. The molecule has 0 aliphatic heterocycles. The highest BCUT2D eigenvalue weighted by atomic mass is 15.2. The Morgan fingerprint density at radius 2 is 1.26 bits per heavy atom. The van der Waals surface area contributed by atoms with Crippen molar-refractivity contribution in [3.05, 3.63) is 163 Å². The second-order valence-electron chi connectivity index (χ2n) is 13.4. The summed E-state index contributed by atoms with van der Waals surface area (Å²) < 4.78 is 4.27. The minimum absolute atomic E-state index is 0.296. The molecule has 1 aliphatic carbocycles. The smallest absolute Gasteiger partial charge is 0.238 e. The maximum atomic E-state index is 9.39. The average molecular weight is 695 g/mol. The molecule has 0 saturated heterocycles. The van der Waals surface area contributed by atoms with Crippen LogP contribution in [0.25, 0.3) is 90.5 Å². The van der Waals surface area contributed by atoms with Gasteiger partial charge in [0, 0.05) is 45.2 Å². The fourth-order valence-electron chi connectivity index (χ4n) is 7.40. The van der Waals surface area contributed by atoms with Gasteiger partial charge in [-0.25, -0.2) is 9.97 Å². The van der Waals surface area contributed by atoms with E-state index in [4.69, 9.17) is 15.0 Å². The molecule has 4 aromatic carbocycles. The molecule has 5 aromatic heterocycles. The quantitative estimate of drug-likeness (QED) is 0.178. The van der Waals surface area contributed by atoms with Crippen molar-refractivity contribution < 1.29 is 0 Å². The summed E-state index contributed by atoms with van der Waals surface area (Å²) in [6.45, 7) is 2.18. The van der Waals surface area contributed by atoms with Crippen molar-refractivity contribution in [1.29, 1.82) is 5.26 Å². The average Bonchev–Trinajstić information content (AvgIpc) is 3.66. The summed E-state index contributed by atoms with van der Waals surface area (Å²) in [5.74, 6) is 2.80. The Morgan fingerprint density at radius 1 is 0.593 bits per heavy atom. The Kier molecular flexibility index (Phi) is 7.30. The number of nitrogens with zero attached hydrogens (tertiary/aromatic N) is 8. The molecule has 10 rings (SSSR count). The molecule has 0 fully saturated rings. The van der Waals surface area contributed by atoms with Gasteiger partial charge in [0.05, 0.1) is 34.0 Å². The van der Waals surface area contributed by atoms with Crippen LogP contribution in [0.2, 0.25) is 0 Å². The van der Waals surface area contributed by atoms with Gasteiger partial charge in [0.15, 0.2) is 11.6 Å². The van der Waals surface area contributed by atoms with Gasteiger partial charge in [-0.15, -0.1) is 0 Å². The minimum atomic E-state index is 0.296. The number of hydrogen-bond acceptors (Lipinski definition) is 6. The van der Waals surface area contributed by atoms with Gasteiger partial charge in [0.2, 0.25) is 5.95 Å². The van der Waals surface area contributed by atoms with Crippen LogP contribution in [0.4, 0.5) is 0 Å². The molecule has 0 radical (unpaired) electrons. The zero-order valence-electron chi connectivity index (χ0n) is 29.2. The maximum absolute atomic E-state index is 9.39. The monoisotopic (exact) mass is 694 g/mol. The van der Waals surface area contributed by atoms with Gasteiger partial charge >= 0.3 is 0 Å². The minimum Gasteiger partial charge on any atom is -0.294 e. The van der Waals surface area contributed by atoms with E-state index in [1.165, 1.54) is 0 Å². The van der Waals surface area contributed by atoms with Crippen LogP contribution in [-0.2, 0) is 0 Å². The van der Waals surface area contributed by atoms with E-state index in [2.05, 4.69) is 98.9 Å². The van der Waals surface area contributed by atoms with Crippen molar-refractivity contribution in [3.63, 3.8) is 0 Å². The van der Waals surface area contributed by atoms with E-state index >= 15 is 0 Å². The predicted octanol–water partition coefficient (Wildman–Crippen LogP) is 10.3. The molecular formula is C46H30N8. The topological polar surface area (TPSA) is 98.1 Å². The van der Waals surface area contributed by atoms with Crippen molar-refractivity contribution >= 4 is 44.9 Å². The van der Waals surface area contributed by atoms with E-state index in [1.807, 2.05) is 85.2 Å². The van der Waals surface area contributed by atoms with E-state index in [9.17, 15) is 5.26 Å². The van der Waals surface area contributed by atoms with Gasteiger partial charge in [-0.3, -0.25) is 14.1 Å². The Morgan fingerprint density at radius 3 is 1.93 bits per heavy atom. The summed E-state index contributed by atoms with van der Waals surface area (Å²) in [4.78, 5) is 24.2. The third-order valence-electron chi connectivity index (χ3n) is 10.1. The SMILES string of the molecule is CC1C=Cc2c(n(-c3ccc(C#N)cn3)c3ccc(-c4ccc5c(c4)c4ccncc4n5-c4nc(-c5ccccc5)nc(-c5ccccc5)n4)cc23)C=C1. The summed E-state index contributed by atoms with van der Waals surface area (Å²) in [5, 5.41) is 12.6. The molecule has 0 bridgehead atoms. The van der Waals surface area contributed by atoms with Gasteiger partial charge in [-0.1, -0.05) is 97.9 Å². The van der Waals surface area contributed by atoms with Crippen molar-refractivity contribution in [2.75, 3.05) is 0 Å². The number of pyridine rings is 2. The van der Waals surface area contributed by atoms with E-state index in [-0.39, 0.29) is 0 Å². The molecule has 0 N–H and O–H groups in total. The molecular weight excluding hydrogens is 665 g/mol. The lowest BCUT2D eigenvalue weighted by Gasteiger charge is -2.11. The van der Waals surface area contributed by atoms with E-state index in [0.717, 1.165) is 72.0 Å². The molecule has 254 valence electrons.